The molecule has 1 atom stereocenters. The smallest absolute Gasteiger partial charge is 0.161 e. The highest BCUT2D eigenvalue weighted by Gasteiger charge is 2.34. The van der Waals surface area contributed by atoms with E-state index in [0.717, 1.165) is 29.3 Å². The molecule has 1 aliphatic rings. The van der Waals surface area contributed by atoms with Gasteiger partial charge in [0.05, 0.1) is 12.2 Å². The molecule has 0 N–H and O–H groups in total. The van der Waals surface area contributed by atoms with Crippen LogP contribution in [0.2, 0.25) is 0 Å². The van der Waals surface area contributed by atoms with E-state index in [4.69, 9.17) is 4.98 Å². The van der Waals surface area contributed by atoms with Crippen molar-refractivity contribution in [1.82, 2.24) is 29.7 Å². The van der Waals surface area contributed by atoms with E-state index < -0.39 is 0 Å². The topological polar surface area (TPSA) is 72.6 Å². The summed E-state index contributed by atoms with van der Waals surface area (Å²) >= 11 is 0. The third-order valence-electron chi connectivity index (χ3n) is 4.34. The largest absolute Gasteiger partial charge is 0.342 e. The Morgan fingerprint density at radius 2 is 2.00 bits per heavy atom. The zero-order valence-corrected chi connectivity index (χ0v) is 14.0. The van der Waals surface area contributed by atoms with Crippen molar-refractivity contribution in [3.8, 4) is 17.1 Å². The Morgan fingerprint density at radius 1 is 1.21 bits per heavy atom. The zero-order valence-electron chi connectivity index (χ0n) is 14.0. The van der Waals surface area contributed by atoms with Crippen LogP contribution in [0.4, 0.5) is 5.82 Å². The highest BCUT2D eigenvalue weighted by molar-refractivity contribution is 5.66. The predicted molar refractivity (Wildman–Crippen MR) is 90.8 cm³/mol. The number of hydrogen-bond donors (Lipinski definition) is 0. The molecule has 0 saturated heterocycles. The summed E-state index contributed by atoms with van der Waals surface area (Å²) in [5, 5.41) is 8.43. The van der Waals surface area contributed by atoms with Crippen LogP contribution in [-0.4, -0.2) is 35.8 Å². The van der Waals surface area contributed by atoms with E-state index >= 15 is 0 Å². The number of anilines is 1. The Kier molecular flexibility index (Phi) is 3.48. The van der Waals surface area contributed by atoms with Crippen LogP contribution in [-0.2, 0) is 0 Å². The van der Waals surface area contributed by atoms with Gasteiger partial charge in [0, 0.05) is 24.0 Å². The second-order valence-corrected chi connectivity index (χ2v) is 6.12. The number of fused-ring (bicyclic) bond motifs is 3. The molecule has 0 bridgehead atoms. The van der Waals surface area contributed by atoms with Crippen molar-refractivity contribution in [2.24, 2.45) is 0 Å². The SMILES string of the molecule is CC[C@@H]1c2nncn2-c2cnc(-c3ccncc3)nc2N1C(C)C. The first-order chi connectivity index (χ1) is 11.7. The van der Waals surface area contributed by atoms with E-state index in [1.807, 2.05) is 22.9 Å². The lowest BCUT2D eigenvalue weighted by Crippen LogP contribution is -2.40. The van der Waals surface area contributed by atoms with Crippen LogP contribution in [0.3, 0.4) is 0 Å². The fourth-order valence-corrected chi connectivity index (χ4v) is 3.28. The molecular formula is C17H19N7. The van der Waals surface area contributed by atoms with Gasteiger partial charge in [-0.05, 0) is 32.4 Å². The van der Waals surface area contributed by atoms with Crippen molar-refractivity contribution in [2.45, 2.75) is 39.3 Å². The van der Waals surface area contributed by atoms with Gasteiger partial charge in [-0.15, -0.1) is 10.2 Å². The van der Waals surface area contributed by atoms with E-state index in [9.17, 15) is 0 Å². The van der Waals surface area contributed by atoms with E-state index in [-0.39, 0.29) is 6.04 Å². The van der Waals surface area contributed by atoms with Gasteiger partial charge in [-0.3, -0.25) is 9.55 Å². The number of pyridine rings is 1. The Balaban J connectivity index is 1.92. The Labute approximate surface area is 140 Å². The molecule has 4 rings (SSSR count). The number of hydrogen-bond acceptors (Lipinski definition) is 6. The van der Waals surface area contributed by atoms with Crippen LogP contribution in [0.25, 0.3) is 17.1 Å². The van der Waals surface area contributed by atoms with Crippen LogP contribution >= 0.6 is 0 Å². The normalized spacial score (nSPS) is 16.2. The molecule has 0 spiro atoms. The maximum absolute atomic E-state index is 4.87. The van der Waals surface area contributed by atoms with Crippen LogP contribution in [0.1, 0.15) is 39.1 Å². The molecule has 1 aliphatic heterocycles. The highest BCUT2D eigenvalue weighted by Crippen LogP contribution is 2.39. The summed E-state index contributed by atoms with van der Waals surface area (Å²) in [4.78, 5) is 15.8. The van der Waals surface area contributed by atoms with Gasteiger partial charge in [0.2, 0.25) is 0 Å². The average molecular weight is 321 g/mol. The fourth-order valence-electron chi connectivity index (χ4n) is 3.28. The van der Waals surface area contributed by atoms with Crippen molar-refractivity contribution < 1.29 is 0 Å². The van der Waals surface area contributed by atoms with Gasteiger partial charge in [-0.25, -0.2) is 9.97 Å². The molecule has 0 fully saturated rings. The molecule has 0 amide bonds. The highest BCUT2D eigenvalue weighted by atomic mass is 15.4. The lowest BCUT2D eigenvalue weighted by molar-refractivity contribution is 0.497. The molecule has 7 heteroatoms. The molecule has 24 heavy (non-hydrogen) atoms. The van der Waals surface area contributed by atoms with Crippen LogP contribution in [0, 0.1) is 0 Å². The summed E-state index contributed by atoms with van der Waals surface area (Å²) in [5.41, 5.74) is 1.88. The second-order valence-electron chi connectivity index (χ2n) is 6.12. The van der Waals surface area contributed by atoms with Crippen LogP contribution in [0.5, 0.6) is 0 Å². The molecule has 3 aromatic rings. The Bertz CT molecular complexity index is 856. The summed E-state index contributed by atoms with van der Waals surface area (Å²) in [6, 6.07) is 4.29. The van der Waals surface area contributed by atoms with E-state index in [2.05, 4.69) is 45.8 Å². The van der Waals surface area contributed by atoms with Gasteiger partial charge in [0.1, 0.15) is 12.0 Å². The molecule has 0 saturated carbocycles. The maximum Gasteiger partial charge on any atom is 0.161 e. The average Bonchev–Trinajstić information content (AvgIpc) is 3.10. The minimum absolute atomic E-state index is 0.153. The first-order valence-electron chi connectivity index (χ1n) is 8.16. The van der Waals surface area contributed by atoms with Crippen molar-refractivity contribution in [2.75, 3.05) is 4.90 Å². The molecule has 0 aromatic carbocycles. The summed E-state index contributed by atoms with van der Waals surface area (Å²) < 4.78 is 2.00. The fraction of sp³-hybridized carbons (Fsp3) is 0.353. The summed E-state index contributed by atoms with van der Waals surface area (Å²) in [6.45, 7) is 6.51. The molecule has 0 radical (unpaired) electrons. The Hall–Kier alpha value is -2.83. The lowest BCUT2D eigenvalue weighted by Gasteiger charge is -2.39. The summed E-state index contributed by atoms with van der Waals surface area (Å²) in [7, 11) is 0. The lowest BCUT2D eigenvalue weighted by atomic mass is 10.1. The zero-order chi connectivity index (χ0) is 16.7. The van der Waals surface area contributed by atoms with E-state index in [0.29, 0.717) is 11.9 Å². The van der Waals surface area contributed by atoms with E-state index in [1.165, 1.54) is 0 Å². The molecule has 4 heterocycles. The van der Waals surface area contributed by atoms with Gasteiger partial charge in [0.15, 0.2) is 17.5 Å². The quantitative estimate of drug-likeness (QED) is 0.738. The van der Waals surface area contributed by atoms with Crippen molar-refractivity contribution >= 4 is 5.82 Å². The predicted octanol–water partition coefficient (Wildman–Crippen LogP) is 2.80. The third kappa shape index (κ3) is 2.16. The standard InChI is InChI=1S/C17H19N7/c1-4-13-17-22-20-10-23(17)14-9-19-15(12-5-7-18-8-6-12)21-16(14)24(13)11(2)3/h5-11,13H,4H2,1-3H3/t13-/m1/s1. The molecular weight excluding hydrogens is 302 g/mol. The van der Waals surface area contributed by atoms with Gasteiger partial charge < -0.3 is 4.90 Å². The monoisotopic (exact) mass is 321 g/mol. The van der Waals surface area contributed by atoms with Crippen molar-refractivity contribution in [3.63, 3.8) is 0 Å². The number of rotatable bonds is 3. The van der Waals surface area contributed by atoms with Crippen LogP contribution in [0.15, 0.2) is 37.1 Å². The van der Waals surface area contributed by atoms with Crippen molar-refractivity contribution in [1.29, 1.82) is 0 Å². The van der Waals surface area contributed by atoms with E-state index in [1.54, 1.807) is 18.7 Å². The van der Waals surface area contributed by atoms with Gasteiger partial charge in [0.25, 0.3) is 0 Å². The summed E-state index contributed by atoms with van der Waals surface area (Å²) in [6.07, 6.45) is 8.04. The molecule has 0 aliphatic carbocycles. The van der Waals surface area contributed by atoms with Gasteiger partial charge >= 0.3 is 0 Å². The summed E-state index contributed by atoms with van der Waals surface area (Å²) in [5.74, 6) is 2.57. The Morgan fingerprint density at radius 3 is 2.71 bits per heavy atom. The minimum atomic E-state index is 0.153. The maximum atomic E-state index is 4.87. The molecule has 122 valence electrons. The number of aromatic nitrogens is 6. The first-order valence-corrected chi connectivity index (χ1v) is 8.16. The molecule has 7 nitrogen and oxygen atoms in total. The molecule has 0 unspecified atom stereocenters. The third-order valence-corrected chi connectivity index (χ3v) is 4.34. The molecule has 3 aromatic heterocycles. The van der Waals surface area contributed by atoms with Crippen LogP contribution < -0.4 is 4.90 Å². The van der Waals surface area contributed by atoms with Crippen molar-refractivity contribution in [3.05, 3.63) is 42.9 Å². The van der Waals surface area contributed by atoms with Gasteiger partial charge in [-0.2, -0.15) is 0 Å². The second kappa shape index (κ2) is 5.67. The minimum Gasteiger partial charge on any atom is -0.342 e. The first kappa shape index (κ1) is 14.7. The number of nitrogens with zero attached hydrogens (tertiary/aromatic N) is 7. The van der Waals surface area contributed by atoms with Gasteiger partial charge in [-0.1, -0.05) is 6.92 Å².